The summed E-state index contributed by atoms with van der Waals surface area (Å²) in [6.45, 7) is 8.06. The summed E-state index contributed by atoms with van der Waals surface area (Å²) in [5.41, 5.74) is 8.50. The third kappa shape index (κ3) is 3.56. The molecule has 2 aliphatic rings. The van der Waals surface area contributed by atoms with E-state index in [1.165, 1.54) is 0 Å². The smallest absolute Gasteiger partial charge is 0.0989 e. The predicted octanol–water partition coefficient (Wildman–Crippen LogP) is 3.81. The molecule has 0 fully saturated rings. The molecule has 2 heteroatoms. The van der Waals surface area contributed by atoms with Crippen LogP contribution >= 0.6 is 0 Å². The van der Waals surface area contributed by atoms with Gasteiger partial charge in [0.05, 0.1) is 17.2 Å². The molecule has 2 unspecified atom stereocenters. The third-order valence-electron chi connectivity index (χ3n) is 3.04. The second kappa shape index (κ2) is 6.36. The number of hydrogen-bond acceptors (Lipinski definition) is 2. The van der Waals surface area contributed by atoms with Gasteiger partial charge < -0.3 is 5.73 Å². The molecule has 0 aliphatic heterocycles. The molecule has 0 saturated heterocycles. The largest absolute Gasteiger partial charge is 0.318 e. The van der Waals surface area contributed by atoms with Gasteiger partial charge in [0.2, 0.25) is 0 Å². The minimum atomic E-state index is -0.597. The van der Waals surface area contributed by atoms with Crippen LogP contribution in [0.5, 0.6) is 0 Å². The Balaban J connectivity index is 0.000000861. The molecule has 2 atom stereocenters. The zero-order valence-electron chi connectivity index (χ0n) is 12.1. The quantitative estimate of drug-likeness (QED) is 0.714. The summed E-state index contributed by atoms with van der Waals surface area (Å²) in [5.74, 6) is 0.354. The van der Waals surface area contributed by atoms with Crippen molar-refractivity contribution in [2.24, 2.45) is 11.7 Å². The molecule has 2 nitrogen and oxygen atoms in total. The first kappa shape index (κ1) is 15.2. The number of hydrogen-bond donors (Lipinski definition) is 1. The van der Waals surface area contributed by atoms with Crippen LogP contribution in [0, 0.1) is 17.2 Å². The molecule has 0 spiro atoms. The van der Waals surface area contributed by atoms with E-state index in [4.69, 9.17) is 11.0 Å². The van der Waals surface area contributed by atoms with Crippen LogP contribution in [0.2, 0.25) is 0 Å². The van der Waals surface area contributed by atoms with Crippen molar-refractivity contribution in [3.05, 3.63) is 59.3 Å². The van der Waals surface area contributed by atoms with E-state index in [0.717, 1.165) is 11.1 Å². The highest BCUT2D eigenvalue weighted by atomic mass is 14.7. The molecule has 0 aromatic carbocycles. The monoisotopic (exact) mass is 254 g/mol. The summed E-state index contributed by atoms with van der Waals surface area (Å²) in [6.07, 6.45) is 14.0. The fourth-order valence-corrected chi connectivity index (χ4v) is 2.17. The van der Waals surface area contributed by atoms with Gasteiger partial charge in [-0.25, -0.2) is 0 Å². The van der Waals surface area contributed by atoms with Crippen molar-refractivity contribution >= 4 is 0 Å². The fraction of sp³-hybridized carbons (Fsp3) is 0.353. The lowest BCUT2D eigenvalue weighted by Crippen LogP contribution is -2.36. The van der Waals surface area contributed by atoms with E-state index in [9.17, 15) is 0 Å². The molecule has 0 heterocycles. The van der Waals surface area contributed by atoms with E-state index in [2.05, 4.69) is 25.1 Å². The zero-order chi connectivity index (χ0) is 14.5. The maximum absolute atomic E-state index is 9.01. The Hall–Kier alpha value is -1.85. The number of nitrogens with two attached hydrogens (primary N) is 1. The van der Waals surface area contributed by atoms with E-state index < -0.39 is 5.54 Å². The molecule has 0 aromatic heterocycles. The lowest BCUT2D eigenvalue weighted by Gasteiger charge is -2.25. The second-order valence-corrected chi connectivity index (χ2v) is 4.77. The van der Waals surface area contributed by atoms with Crippen LogP contribution in [0.15, 0.2) is 59.3 Å². The van der Waals surface area contributed by atoms with E-state index >= 15 is 0 Å². The topological polar surface area (TPSA) is 49.8 Å². The number of nitrogens with zero attached hydrogens (tertiary/aromatic N) is 1. The second-order valence-electron chi connectivity index (χ2n) is 4.77. The number of fused-ring (bicyclic) bond motifs is 1. The van der Waals surface area contributed by atoms with Crippen molar-refractivity contribution < 1.29 is 0 Å². The Morgan fingerprint density at radius 2 is 2.00 bits per heavy atom. The highest BCUT2D eigenvalue weighted by molar-refractivity contribution is 5.57. The molecule has 0 amide bonds. The van der Waals surface area contributed by atoms with Crippen molar-refractivity contribution in [3.8, 4) is 6.07 Å². The molecule has 0 bridgehead atoms. The molecule has 100 valence electrons. The summed E-state index contributed by atoms with van der Waals surface area (Å²) in [6, 6.07) is 2.16. The van der Waals surface area contributed by atoms with Gasteiger partial charge in [-0.3, -0.25) is 0 Å². The SMILES string of the molecule is CC.CC1C=CC=C2C=CC(C#N)=CC(C)(N)C2=C1. The lowest BCUT2D eigenvalue weighted by atomic mass is 9.86. The highest BCUT2D eigenvalue weighted by Gasteiger charge is 2.26. The first-order valence-electron chi connectivity index (χ1n) is 6.74. The summed E-state index contributed by atoms with van der Waals surface area (Å²) in [4.78, 5) is 0. The maximum atomic E-state index is 9.01. The summed E-state index contributed by atoms with van der Waals surface area (Å²) in [5, 5.41) is 9.01. The van der Waals surface area contributed by atoms with Gasteiger partial charge in [-0.1, -0.05) is 51.2 Å². The first-order valence-corrected chi connectivity index (χ1v) is 6.74. The summed E-state index contributed by atoms with van der Waals surface area (Å²) >= 11 is 0. The first-order chi connectivity index (χ1) is 9.03. The van der Waals surface area contributed by atoms with E-state index in [1.807, 2.05) is 51.2 Å². The van der Waals surface area contributed by atoms with Crippen LogP contribution in [-0.2, 0) is 0 Å². The van der Waals surface area contributed by atoms with Crippen molar-refractivity contribution in [2.75, 3.05) is 0 Å². The highest BCUT2D eigenvalue weighted by Crippen LogP contribution is 2.31. The van der Waals surface area contributed by atoms with Gasteiger partial charge >= 0.3 is 0 Å². The zero-order valence-corrected chi connectivity index (χ0v) is 12.1. The third-order valence-corrected chi connectivity index (χ3v) is 3.04. The van der Waals surface area contributed by atoms with E-state index in [1.54, 1.807) is 0 Å². The summed E-state index contributed by atoms with van der Waals surface area (Å²) in [7, 11) is 0. The molecule has 2 N–H and O–H groups in total. The Labute approximate surface area is 116 Å². The molecule has 19 heavy (non-hydrogen) atoms. The molecular formula is C17H22N2. The minimum absolute atomic E-state index is 0.354. The number of nitriles is 1. The van der Waals surface area contributed by atoms with Gasteiger partial charge in [-0.2, -0.15) is 5.26 Å². The molecule has 0 aromatic rings. The van der Waals surface area contributed by atoms with Crippen LogP contribution in [0.4, 0.5) is 0 Å². The van der Waals surface area contributed by atoms with Crippen molar-refractivity contribution in [1.29, 1.82) is 5.26 Å². The maximum Gasteiger partial charge on any atom is 0.0989 e. The van der Waals surface area contributed by atoms with Gasteiger partial charge in [0, 0.05) is 0 Å². The van der Waals surface area contributed by atoms with Gasteiger partial charge in [-0.05, 0) is 36.1 Å². The van der Waals surface area contributed by atoms with Gasteiger partial charge in [0.25, 0.3) is 0 Å². The Kier molecular flexibility index (Phi) is 5.09. The molecule has 2 aliphatic carbocycles. The van der Waals surface area contributed by atoms with Crippen LogP contribution in [0.1, 0.15) is 27.7 Å². The Morgan fingerprint density at radius 3 is 2.63 bits per heavy atom. The number of rotatable bonds is 0. The van der Waals surface area contributed by atoms with Crippen LogP contribution in [-0.4, -0.2) is 5.54 Å². The normalized spacial score (nSPS) is 28.4. The minimum Gasteiger partial charge on any atom is -0.318 e. The van der Waals surface area contributed by atoms with Crippen LogP contribution in [0.3, 0.4) is 0 Å². The lowest BCUT2D eigenvalue weighted by molar-refractivity contribution is 0.687. The molecular weight excluding hydrogens is 232 g/mol. The molecule has 2 rings (SSSR count). The molecule has 0 saturated carbocycles. The standard InChI is InChI=1S/C15H16N2.C2H6/c1-11-4-3-5-13-7-6-12(10-16)9-15(2,17)14(13)8-11;1-2/h3-9,11H,17H2,1-2H3;1-2H3. The van der Waals surface area contributed by atoms with E-state index in [0.29, 0.717) is 11.5 Å². The van der Waals surface area contributed by atoms with Crippen LogP contribution < -0.4 is 5.73 Å². The van der Waals surface area contributed by atoms with Gasteiger partial charge in [-0.15, -0.1) is 0 Å². The van der Waals surface area contributed by atoms with Gasteiger partial charge in [0.1, 0.15) is 0 Å². The average molecular weight is 254 g/mol. The van der Waals surface area contributed by atoms with Crippen LogP contribution in [0.25, 0.3) is 0 Å². The molecule has 0 radical (unpaired) electrons. The van der Waals surface area contributed by atoms with Crippen molar-refractivity contribution in [3.63, 3.8) is 0 Å². The van der Waals surface area contributed by atoms with Gasteiger partial charge in [0.15, 0.2) is 0 Å². The Morgan fingerprint density at radius 1 is 1.32 bits per heavy atom. The Bertz CT molecular complexity index is 520. The summed E-state index contributed by atoms with van der Waals surface area (Å²) < 4.78 is 0. The average Bonchev–Trinajstić information content (AvgIpc) is 2.64. The van der Waals surface area contributed by atoms with Crippen molar-refractivity contribution in [2.45, 2.75) is 33.2 Å². The predicted molar refractivity (Wildman–Crippen MR) is 81.2 cm³/mol. The van der Waals surface area contributed by atoms with E-state index in [-0.39, 0.29) is 0 Å². The van der Waals surface area contributed by atoms with Crippen molar-refractivity contribution in [1.82, 2.24) is 0 Å². The fourth-order valence-electron chi connectivity index (χ4n) is 2.17. The number of allylic oxidation sites excluding steroid dienone is 7.